The highest BCUT2D eigenvalue weighted by Crippen LogP contribution is 2.50. The van der Waals surface area contributed by atoms with Crippen molar-refractivity contribution in [3.05, 3.63) is 35.4 Å². The van der Waals surface area contributed by atoms with Crippen LogP contribution in [-0.2, 0) is 37.3 Å². The molecule has 2 N–H and O–H groups in total. The van der Waals surface area contributed by atoms with Crippen molar-refractivity contribution in [2.24, 2.45) is 0 Å². The fourth-order valence-electron chi connectivity index (χ4n) is 2.71. The second-order valence-electron chi connectivity index (χ2n) is 6.90. The lowest BCUT2D eigenvalue weighted by Gasteiger charge is -2.16. The lowest BCUT2D eigenvalue weighted by molar-refractivity contribution is -0.228. The summed E-state index contributed by atoms with van der Waals surface area (Å²) in [5, 5.41) is 0. The van der Waals surface area contributed by atoms with Crippen LogP contribution in [-0.4, -0.2) is 34.9 Å². The van der Waals surface area contributed by atoms with E-state index in [9.17, 15) is 18.7 Å². The molecular weight excluding hydrogens is 470 g/mol. The summed E-state index contributed by atoms with van der Waals surface area (Å²) in [5.41, 5.74) is 0.00411. The Hall–Kier alpha value is -1.62. The van der Waals surface area contributed by atoms with Gasteiger partial charge < -0.3 is 9.79 Å². The van der Waals surface area contributed by atoms with Crippen LogP contribution in [0.4, 0.5) is 0 Å². The topological polar surface area (TPSA) is 164 Å². The first-order chi connectivity index (χ1) is 15.2. The smallest absolute Gasteiger partial charge is 0.303 e. The minimum absolute atomic E-state index is 0.00205. The van der Waals surface area contributed by atoms with Crippen LogP contribution in [0.15, 0.2) is 24.3 Å². The predicted octanol–water partition coefficient (Wildman–Crippen LogP) is 4.23. The fourth-order valence-corrected chi connectivity index (χ4v) is 3.86. The van der Waals surface area contributed by atoms with Gasteiger partial charge in [-0.3, -0.25) is 18.8 Å². The maximum Gasteiger partial charge on any atom is 0.547 e. The Kier molecular flexibility index (Phi) is 11.0. The van der Waals surface area contributed by atoms with E-state index in [2.05, 4.69) is 23.6 Å². The van der Waals surface area contributed by atoms with E-state index in [-0.39, 0.29) is 24.3 Å². The Morgan fingerprint density at radius 1 is 0.812 bits per heavy atom. The number of fused-ring (bicyclic) bond motifs is 2. The number of rotatable bonds is 13. The molecule has 0 aromatic heterocycles. The minimum Gasteiger partial charge on any atom is -0.303 e. The number of hydrogen-bond acceptors (Lipinski definition) is 10. The fraction of sp³-hybridized carbons (Fsp3) is 0.556. The third kappa shape index (κ3) is 10.3. The van der Waals surface area contributed by atoms with Crippen molar-refractivity contribution in [2.75, 3.05) is 13.2 Å². The Morgan fingerprint density at radius 2 is 1.28 bits per heavy atom. The zero-order chi connectivity index (χ0) is 23.5. The van der Waals surface area contributed by atoms with E-state index in [0.29, 0.717) is 12.8 Å². The number of hydrogen-bond donors (Lipinski definition) is 2. The Labute approximate surface area is 184 Å². The highest BCUT2D eigenvalue weighted by molar-refractivity contribution is 7.48. The molecule has 12 nitrogen and oxygen atoms in total. The second-order valence-corrected chi connectivity index (χ2v) is 9.59. The van der Waals surface area contributed by atoms with E-state index < -0.39 is 27.6 Å². The van der Waals surface area contributed by atoms with E-state index in [1.165, 1.54) is 24.3 Å². The maximum atomic E-state index is 12.5. The Bertz CT molecular complexity index is 813. The highest BCUT2D eigenvalue weighted by atomic mass is 31.2. The first-order valence-electron chi connectivity index (χ1n) is 10.0. The summed E-state index contributed by atoms with van der Waals surface area (Å²) in [7, 11) is -8.85. The molecule has 1 aliphatic heterocycles. The van der Waals surface area contributed by atoms with Gasteiger partial charge in [0.05, 0.1) is 24.3 Å². The van der Waals surface area contributed by atoms with Crippen LogP contribution >= 0.6 is 15.6 Å². The maximum absolute atomic E-state index is 12.5. The van der Waals surface area contributed by atoms with Crippen molar-refractivity contribution in [2.45, 2.75) is 51.4 Å². The molecule has 0 atom stereocenters. The third-order valence-corrected chi connectivity index (χ3v) is 5.82. The number of phosphoric acid groups is 2. The molecule has 0 unspecified atom stereocenters. The summed E-state index contributed by atoms with van der Waals surface area (Å²) in [6.07, 6.45) is 6.34. The lowest BCUT2D eigenvalue weighted by atomic mass is 10.1. The molecule has 1 heterocycles. The zero-order valence-electron chi connectivity index (χ0n) is 17.3. The molecule has 2 rings (SSSR count). The van der Waals surface area contributed by atoms with Crippen molar-refractivity contribution >= 4 is 27.6 Å². The molecule has 0 aliphatic carbocycles. The summed E-state index contributed by atoms with van der Waals surface area (Å²) in [6, 6.07) is 5.41. The summed E-state index contributed by atoms with van der Waals surface area (Å²) in [6.45, 7) is -0.0142. The number of carbonyl (C=O) groups excluding carboxylic acids is 2. The molecule has 180 valence electrons. The van der Waals surface area contributed by atoms with Crippen molar-refractivity contribution < 1.29 is 56.7 Å². The molecule has 0 amide bonds. The Balaban J connectivity index is 1.60. The summed E-state index contributed by atoms with van der Waals surface area (Å²) < 4.78 is 41.4. The van der Waals surface area contributed by atoms with E-state index in [1.54, 1.807) is 0 Å². The number of unbranched alkanes of at least 4 members (excludes halogenated alkanes) is 7. The third-order valence-electron chi connectivity index (χ3n) is 4.29. The van der Waals surface area contributed by atoms with E-state index in [0.717, 1.165) is 38.5 Å². The predicted molar refractivity (Wildman–Crippen MR) is 108 cm³/mol. The van der Waals surface area contributed by atoms with Crippen molar-refractivity contribution in [1.82, 2.24) is 0 Å². The SMILES string of the molecule is O=C1OOP(=O)(OCCCCCCCCCCOP(=O)(O)O)OOC(=O)c2cccc1c2. The van der Waals surface area contributed by atoms with Crippen LogP contribution in [0.25, 0.3) is 0 Å². The van der Waals surface area contributed by atoms with Gasteiger partial charge in [0.15, 0.2) is 0 Å². The van der Waals surface area contributed by atoms with Gasteiger partial charge in [-0.05, 0) is 31.0 Å². The van der Waals surface area contributed by atoms with Gasteiger partial charge >= 0.3 is 27.6 Å². The molecule has 0 saturated heterocycles. The monoisotopic (exact) mass is 496 g/mol. The molecule has 0 radical (unpaired) electrons. The highest BCUT2D eigenvalue weighted by Gasteiger charge is 2.35. The van der Waals surface area contributed by atoms with Crippen LogP contribution in [0.5, 0.6) is 0 Å². The van der Waals surface area contributed by atoms with Crippen LogP contribution in [0.3, 0.4) is 0 Å². The quantitative estimate of drug-likeness (QED) is 0.227. The molecular formula is C18H26O12P2. The second kappa shape index (κ2) is 13.2. The molecule has 0 saturated carbocycles. The first kappa shape index (κ1) is 26.6. The normalized spacial score (nSPS) is 16.3. The van der Waals surface area contributed by atoms with Crippen molar-refractivity contribution in [3.63, 3.8) is 0 Å². The molecule has 2 bridgehead atoms. The minimum atomic E-state index is -4.47. The van der Waals surface area contributed by atoms with Gasteiger partial charge in [-0.1, -0.05) is 53.9 Å². The number of carbonyl (C=O) groups is 2. The van der Waals surface area contributed by atoms with Crippen molar-refractivity contribution in [3.8, 4) is 0 Å². The Morgan fingerprint density at radius 3 is 1.78 bits per heavy atom. The number of benzene rings is 1. The summed E-state index contributed by atoms with van der Waals surface area (Å²) in [5.74, 6) is -1.94. The molecule has 14 heteroatoms. The standard InChI is InChI=1S/C18H26O12P2/c19-17-15-10-9-11-16(14-15)18(20)28-30-32(24,29-27-17)26-13-8-6-4-2-1-3-5-7-12-25-31(21,22)23/h9-11,14H,1-8,12-13H2,(H2,21,22,23). The largest absolute Gasteiger partial charge is 0.547 e. The number of phosphoric ester groups is 1. The van der Waals surface area contributed by atoms with Gasteiger partial charge in [-0.25, -0.2) is 18.7 Å². The average molecular weight is 496 g/mol. The molecule has 1 aromatic carbocycles. The van der Waals surface area contributed by atoms with Crippen LogP contribution < -0.4 is 0 Å². The van der Waals surface area contributed by atoms with Crippen LogP contribution in [0.2, 0.25) is 0 Å². The van der Waals surface area contributed by atoms with Gasteiger partial charge in [0, 0.05) is 0 Å². The van der Waals surface area contributed by atoms with E-state index in [1.807, 2.05) is 0 Å². The van der Waals surface area contributed by atoms with E-state index in [4.69, 9.17) is 14.3 Å². The van der Waals surface area contributed by atoms with Crippen LogP contribution in [0, 0.1) is 0 Å². The van der Waals surface area contributed by atoms with Gasteiger partial charge in [0.25, 0.3) is 0 Å². The molecule has 1 aliphatic rings. The van der Waals surface area contributed by atoms with Gasteiger partial charge in [0.2, 0.25) is 0 Å². The van der Waals surface area contributed by atoms with Crippen molar-refractivity contribution in [1.29, 1.82) is 0 Å². The molecule has 1 aromatic rings. The van der Waals surface area contributed by atoms with Crippen LogP contribution in [0.1, 0.15) is 72.1 Å². The van der Waals surface area contributed by atoms with E-state index >= 15 is 0 Å². The van der Waals surface area contributed by atoms with Gasteiger partial charge in [-0.2, -0.15) is 0 Å². The summed E-state index contributed by atoms with van der Waals surface area (Å²) >= 11 is 0. The zero-order valence-corrected chi connectivity index (χ0v) is 19.0. The molecule has 0 spiro atoms. The first-order valence-corrected chi connectivity index (χ1v) is 13.0. The molecule has 0 fully saturated rings. The average Bonchev–Trinajstić information content (AvgIpc) is 2.75. The molecule has 32 heavy (non-hydrogen) atoms. The summed E-state index contributed by atoms with van der Waals surface area (Å²) in [4.78, 5) is 49.9. The van der Waals surface area contributed by atoms with Gasteiger partial charge in [0.1, 0.15) is 0 Å². The van der Waals surface area contributed by atoms with Gasteiger partial charge in [-0.15, -0.1) is 0 Å². The lowest BCUT2D eigenvalue weighted by Crippen LogP contribution is -2.14.